The molecule has 3 aliphatic rings. The van der Waals surface area contributed by atoms with Crippen molar-refractivity contribution in [2.24, 2.45) is 13.0 Å². The minimum atomic E-state index is 0.274. The SMILES string of the molecule is Cn1nc(CN(C(=O)C2CCCCC2)C2CCCC2)c2c1CCC2. The highest BCUT2D eigenvalue weighted by Crippen LogP contribution is 2.32. The van der Waals surface area contributed by atoms with Crippen molar-refractivity contribution in [3.63, 3.8) is 0 Å². The average Bonchev–Trinajstić information content (AvgIpc) is 3.33. The Hall–Kier alpha value is -1.32. The molecule has 4 nitrogen and oxygen atoms in total. The van der Waals surface area contributed by atoms with E-state index in [-0.39, 0.29) is 5.92 Å². The van der Waals surface area contributed by atoms with Crippen LogP contribution in [0.5, 0.6) is 0 Å². The fraction of sp³-hybridized carbons (Fsp3) is 0.800. The summed E-state index contributed by atoms with van der Waals surface area (Å²) in [6.07, 6.45) is 14.4. The molecule has 0 bridgehead atoms. The van der Waals surface area contributed by atoms with E-state index in [0.717, 1.165) is 32.2 Å². The first-order valence-corrected chi connectivity index (χ1v) is 10.1. The van der Waals surface area contributed by atoms with Gasteiger partial charge in [0.1, 0.15) is 0 Å². The van der Waals surface area contributed by atoms with Gasteiger partial charge in [-0.25, -0.2) is 0 Å². The van der Waals surface area contributed by atoms with E-state index in [4.69, 9.17) is 5.10 Å². The number of amides is 1. The Labute approximate surface area is 145 Å². The van der Waals surface area contributed by atoms with Gasteiger partial charge in [-0.1, -0.05) is 32.1 Å². The number of carbonyl (C=O) groups excluding carboxylic acids is 1. The molecule has 2 fully saturated rings. The zero-order valence-electron chi connectivity index (χ0n) is 15.1. The van der Waals surface area contributed by atoms with Crippen LogP contribution in [-0.2, 0) is 31.2 Å². The van der Waals surface area contributed by atoms with Crippen molar-refractivity contribution in [1.82, 2.24) is 14.7 Å². The molecule has 1 amide bonds. The summed E-state index contributed by atoms with van der Waals surface area (Å²) in [5.41, 5.74) is 4.03. The van der Waals surface area contributed by atoms with Crippen molar-refractivity contribution >= 4 is 5.91 Å². The first-order chi connectivity index (χ1) is 11.7. The predicted octanol–water partition coefficient (Wildman–Crippen LogP) is 3.76. The third-order valence-electron chi connectivity index (χ3n) is 6.52. The molecule has 0 aromatic carbocycles. The van der Waals surface area contributed by atoms with Gasteiger partial charge in [-0.3, -0.25) is 9.48 Å². The third-order valence-corrected chi connectivity index (χ3v) is 6.52. The lowest BCUT2D eigenvalue weighted by molar-refractivity contribution is -0.139. The van der Waals surface area contributed by atoms with Gasteiger partial charge < -0.3 is 4.90 Å². The third kappa shape index (κ3) is 3.00. The summed E-state index contributed by atoms with van der Waals surface area (Å²) in [4.78, 5) is 15.5. The Balaban J connectivity index is 1.56. The van der Waals surface area contributed by atoms with Gasteiger partial charge in [0.25, 0.3) is 0 Å². The zero-order chi connectivity index (χ0) is 16.5. The monoisotopic (exact) mass is 329 g/mol. The Morgan fingerprint density at radius 1 is 1.04 bits per heavy atom. The molecule has 1 aromatic rings. The van der Waals surface area contributed by atoms with Crippen molar-refractivity contribution in [2.75, 3.05) is 0 Å². The molecule has 0 unspecified atom stereocenters. The van der Waals surface area contributed by atoms with E-state index in [1.165, 1.54) is 68.3 Å². The number of fused-ring (bicyclic) bond motifs is 1. The lowest BCUT2D eigenvalue weighted by atomic mass is 9.87. The summed E-state index contributed by atoms with van der Waals surface area (Å²) in [7, 11) is 2.07. The molecule has 1 aromatic heterocycles. The summed E-state index contributed by atoms with van der Waals surface area (Å²) < 4.78 is 2.07. The number of carbonyl (C=O) groups is 1. The van der Waals surface area contributed by atoms with Crippen LogP contribution in [0.15, 0.2) is 0 Å². The number of aromatic nitrogens is 2. The molecule has 0 N–H and O–H groups in total. The second kappa shape index (κ2) is 6.89. The molecule has 4 rings (SSSR count). The van der Waals surface area contributed by atoms with Gasteiger partial charge in [0.05, 0.1) is 12.2 Å². The maximum Gasteiger partial charge on any atom is 0.226 e. The number of hydrogen-bond acceptors (Lipinski definition) is 2. The highest BCUT2D eigenvalue weighted by Gasteiger charge is 2.33. The van der Waals surface area contributed by atoms with Gasteiger partial charge in [0, 0.05) is 24.7 Å². The summed E-state index contributed by atoms with van der Waals surface area (Å²) >= 11 is 0. The summed E-state index contributed by atoms with van der Waals surface area (Å²) in [6.45, 7) is 0.753. The fourth-order valence-corrected chi connectivity index (χ4v) is 5.17. The lowest BCUT2D eigenvalue weighted by Crippen LogP contribution is -2.42. The first-order valence-electron chi connectivity index (χ1n) is 10.1. The van der Waals surface area contributed by atoms with Crippen LogP contribution in [0.4, 0.5) is 0 Å². The van der Waals surface area contributed by atoms with Crippen molar-refractivity contribution in [2.45, 2.75) is 89.6 Å². The van der Waals surface area contributed by atoms with E-state index in [1.54, 1.807) is 0 Å². The minimum Gasteiger partial charge on any atom is -0.333 e. The van der Waals surface area contributed by atoms with E-state index < -0.39 is 0 Å². The Morgan fingerprint density at radius 3 is 2.50 bits per heavy atom. The van der Waals surface area contributed by atoms with Crippen LogP contribution >= 0.6 is 0 Å². The standard InChI is InChI=1S/C20H31N3O/c1-22-19-13-7-12-17(19)18(21-22)14-23(16-10-5-6-11-16)20(24)15-8-3-2-4-9-15/h15-16H,2-14H2,1H3. The number of nitrogens with zero attached hydrogens (tertiary/aromatic N) is 3. The van der Waals surface area contributed by atoms with Crippen LogP contribution in [0.2, 0.25) is 0 Å². The van der Waals surface area contributed by atoms with Gasteiger partial charge >= 0.3 is 0 Å². The molecule has 0 spiro atoms. The fourth-order valence-electron chi connectivity index (χ4n) is 5.17. The molecule has 0 aliphatic heterocycles. The minimum absolute atomic E-state index is 0.274. The molecule has 0 saturated heterocycles. The number of aryl methyl sites for hydroxylation is 1. The highest BCUT2D eigenvalue weighted by molar-refractivity contribution is 5.79. The van der Waals surface area contributed by atoms with E-state index in [1.807, 2.05) is 0 Å². The summed E-state index contributed by atoms with van der Waals surface area (Å²) in [5.74, 6) is 0.704. The molecule has 3 aliphatic carbocycles. The second-order valence-corrected chi connectivity index (χ2v) is 8.09. The van der Waals surface area contributed by atoms with Gasteiger partial charge in [0.15, 0.2) is 0 Å². The van der Waals surface area contributed by atoms with Crippen LogP contribution in [0, 0.1) is 5.92 Å². The van der Waals surface area contributed by atoms with E-state index in [2.05, 4.69) is 16.6 Å². The largest absolute Gasteiger partial charge is 0.333 e. The zero-order valence-corrected chi connectivity index (χ0v) is 15.1. The van der Waals surface area contributed by atoms with Crippen LogP contribution in [-0.4, -0.2) is 26.6 Å². The lowest BCUT2D eigenvalue weighted by Gasteiger charge is -2.33. The quantitative estimate of drug-likeness (QED) is 0.843. The van der Waals surface area contributed by atoms with Crippen LogP contribution in [0.1, 0.15) is 81.2 Å². The van der Waals surface area contributed by atoms with Crippen molar-refractivity contribution in [1.29, 1.82) is 0 Å². The molecule has 2 saturated carbocycles. The molecule has 24 heavy (non-hydrogen) atoms. The van der Waals surface area contributed by atoms with E-state index in [9.17, 15) is 4.79 Å². The van der Waals surface area contributed by atoms with E-state index in [0.29, 0.717) is 11.9 Å². The Morgan fingerprint density at radius 2 is 1.75 bits per heavy atom. The molecular weight excluding hydrogens is 298 g/mol. The highest BCUT2D eigenvalue weighted by atomic mass is 16.2. The average molecular weight is 329 g/mol. The molecule has 0 atom stereocenters. The van der Waals surface area contributed by atoms with Crippen LogP contribution in [0.25, 0.3) is 0 Å². The molecule has 132 valence electrons. The first kappa shape index (κ1) is 16.2. The summed E-state index contributed by atoms with van der Waals surface area (Å²) in [5, 5.41) is 4.79. The van der Waals surface area contributed by atoms with Gasteiger partial charge in [0.2, 0.25) is 5.91 Å². The molecular formula is C20H31N3O. The van der Waals surface area contributed by atoms with E-state index >= 15 is 0 Å². The van der Waals surface area contributed by atoms with Crippen LogP contribution < -0.4 is 0 Å². The van der Waals surface area contributed by atoms with Crippen molar-refractivity contribution in [3.8, 4) is 0 Å². The van der Waals surface area contributed by atoms with Gasteiger partial charge in [-0.15, -0.1) is 0 Å². The molecule has 4 heteroatoms. The van der Waals surface area contributed by atoms with Crippen LogP contribution in [0.3, 0.4) is 0 Å². The number of hydrogen-bond donors (Lipinski definition) is 0. The molecule has 1 heterocycles. The second-order valence-electron chi connectivity index (χ2n) is 8.09. The van der Waals surface area contributed by atoms with Crippen molar-refractivity contribution in [3.05, 3.63) is 17.0 Å². The summed E-state index contributed by atoms with van der Waals surface area (Å²) in [6, 6.07) is 0.457. The predicted molar refractivity (Wildman–Crippen MR) is 94.6 cm³/mol. The Bertz CT molecular complexity index is 594. The smallest absolute Gasteiger partial charge is 0.226 e. The maximum absolute atomic E-state index is 13.3. The van der Waals surface area contributed by atoms with Crippen molar-refractivity contribution < 1.29 is 4.79 Å². The Kier molecular flexibility index (Phi) is 4.64. The van der Waals surface area contributed by atoms with Gasteiger partial charge in [-0.05, 0) is 50.5 Å². The maximum atomic E-state index is 13.3. The normalized spacial score (nSPS) is 22.0. The number of rotatable bonds is 4. The molecule has 0 radical (unpaired) electrons. The topological polar surface area (TPSA) is 38.1 Å². The van der Waals surface area contributed by atoms with Gasteiger partial charge in [-0.2, -0.15) is 5.10 Å².